The van der Waals surface area contributed by atoms with Gasteiger partial charge in [-0.25, -0.2) is 12.9 Å². The Hall–Kier alpha value is -2.38. The van der Waals surface area contributed by atoms with Crippen molar-refractivity contribution in [3.05, 3.63) is 65.5 Å². The lowest BCUT2D eigenvalue weighted by Gasteiger charge is -2.29. The zero-order valence-electron chi connectivity index (χ0n) is 16.8. The Bertz CT molecular complexity index is 1090. The number of nitrogens with zero attached hydrogens (tertiary/aromatic N) is 2. The summed E-state index contributed by atoms with van der Waals surface area (Å²) in [5, 5.41) is 4.52. The van der Waals surface area contributed by atoms with Crippen LogP contribution in [-0.2, 0) is 21.4 Å². The standard InChI is InChI=1S/C22H27N3O3S/c1-16-14-19-10-13-21(24-29(2,26)27)22(25(19)23-16)15-28-20-11-8-18(9-12-20)17-6-4-3-5-7-17/h3-7,10,13-14,18,20,24H,8-9,11-12,15H2,1-2H3. The number of aryl methyl sites for hydroxylation is 1. The van der Waals surface area contributed by atoms with Gasteiger partial charge in [0.25, 0.3) is 0 Å². The first-order valence-corrected chi connectivity index (χ1v) is 11.9. The van der Waals surface area contributed by atoms with E-state index in [1.54, 1.807) is 10.6 Å². The molecule has 3 aromatic rings. The summed E-state index contributed by atoms with van der Waals surface area (Å²) in [5.41, 5.74) is 4.45. The van der Waals surface area contributed by atoms with E-state index in [1.807, 2.05) is 19.1 Å². The van der Waals surface area contributed by atoms with Crippen molar-refractivity contribution < 1.29 is 13.2 Å². The van der Waals surface area contributed by atoms with Gasteiger partial charge in [0.2, 0.25) is 10.0 Å². The molecular weight excluding hydrogens is 386 g/mol. The Morgan fingerprint density at radius 2 is 1.83 bits per heavy atom. The molecule has 154 valence electrons. The maximum Gasteiger partial charge on any atom is 0.229 e. The molecule has 1 aliphatic rings. The first kappa shape index (κ1) is 19.9. The fourth-order valence-electron chi connectivity index (χ4n) is 4.15. The number of hydrogen-bond acceptors (Lipinski definition) is 4. The van der Waals surface area contributed by atoms with Crippen molar-refractivity contribution >= 4 is 21.2 Å². The molecule has 1 aromatic carbocycles. The van der Waals surface area contributed by atoms with Gasteiger partial charge in [0, 0.05) is 0 Å². The van der Waals surface area contributed by atoms with E-state index in [0.29, 0.717) is 18.2 Å². The van der Waals surface area contributed by atoms with Gasteiger partial charge >= 0.3 is 0 Å². The van der Waals surface area contributed by atoms with Gasteiger partial charge in [0.1, 0.15) is 0 Å². The second-order valence-corrected chi connectivity index (χ2v) is 9.63. The largest absolute Gasteiger partial charge is 0.372 e. The van der Waals surface area contributed by atoms with Crippen LogP contribution >= 0.6 is 0 Å². The summed E-state index contributed by atoms with van der Waals surface area (Å²) in [6, 6.07) is 16.3. The lowest BCUT2D eigenvalue weighted by atomic mass is 9.83. The van der Waals surface area contributed by atoms with Crippen molar-refractivity contribution in [1.29, 1.82) is 0 Å². The molecule has 0 spiro atoms. The van der Waals surface area contributed by atoms with Crippen molar-refractivity contribution in [2.24, 2.45) is 0 Å². The molecule has 0 atom stereocenters. The number of ether oxygens (including phenoxy) is 1. The number of pyridine rings is 1. The predicted octanol–water partition coefficient (Wildman–Crippen LogP) is 4.26. The molecule has 0 saturated heterocycles. The lowest BCUT2D eigenvalue weighted by molar-refractivity contribution is 0.0113. The van der Waals surface area contributed by atoms with Crippen LogP contribution < -0.4 is 4.72 Å². The van der Waals surface area contributed by atoms with E-state index in [-0.39, 0.29) is 6.10 Å². The fraction of sp³-hybridized carbons (Fsp3) is 0.409. The highest BCUT2D eigenvalue weighted by atomic mass is 32.2. The Kier molecular flexibility index (Phi) is 5.61. The van der Waals surface area contributed by atoms with Gasteiger partial charge in [0.05, 0.1) is 41.6 Å². The lowest BCUT2D eigenvalue weighted by Crippen LogP contribution is -2.22. The average Bonchev–Trinajstić information content (AvgIpc) is 3.07. The van der Waals surface area contributed by atoms with Crippen LogP contribution in [0.1, 0.15) is 48.6 Å². The summed E-state index contributed by atoms with van der Waals surface area (Å²) in [7, 11) is -3.39. The minimum absolute atomic E-state index is 0.174. The maximum atomic E-state index is 11.8. The van der Waals surface area contributed by atoms with Crippen LogP contribution in [0.2, 0.25) is 0 Å². The molecule has 1 fully saturated rings. The first-order valence-electron chi connectivity index (χ1n) is 10.0. The quantitative estimate of drug-likeness (QED) is 0.655. The van der Waals surface area contributed by atoms with Crippen molar-refractivity contribution in [3.8, 4) is 0 Å². The number of rotatable bonds is 6. The molecule has 0 aliphatic heterocycles. The summed E-state index contributed by atoms with van der Waals surface area (Å²) in [6.07, 6.45) is 5.54. The Labute approximate surface area is 171 Å². The highest BCUT2D eigenvalue weighted by Crippen LogP contribution is 2.34. The summed E-state index contributed by atoms with van der Waals surface area (Å²) in [4.78, 5) is 0. The van der Waals surface area contributed by atoms with Gasteiger partial charge in [-0.2, -0.15) is 5.10 Å². The molecule has 0 radical (unpaired) electrons. The zero-order chi connectivity index (χ0) is 20.4. The van der Waals surface area contributed by atoms with E-state index in [2.05, 4.69) is 40.2 Å². The molecule has 29 heavy (non-hydrogen) atoms. The summed E-state index contributed by atoms with van der Waals surface area (Å²) in [6.45, 7) is 2.24. The molecule has 0 amide bonds. The molecular formula is C22H27N3O3S. The summed E-state index contributed by atoms with van der Waals surface area (Å²) < 4.78 is 34.2. The number of hydrogen-bond donors (Lipinski definition) is 1. The normalized spacial score (nSPS) is 20.1. The molecule has 2 heterocycles. The van der Waals surface area contributed by atoms with Crippen molar-refractivity contribution in [3.63, 3.8) is 0 Å². The van der Waals surface area contributed by atoms with Crippen molar-refractivity contribution in [2.75, 3.05) is 11.0 Å². The van der Waals surface area contributed by atoms with Crippen molar-refractivity contribution in [1.82, 2.24) is 9.61 Å². The fourth-order valence-corrected chi connectivity index (χ4v) is 4.74. The molecule has 1 N–H and O–H groups in total. The number of nitrogens with one attached hydrogen (secondary N) is 1. The minimum Gasteiger partial charge on any atom is -0.372 e. The van der Waals surface area contributed by atoms with Crippen LogP contribution in [0.15, 0.2) is 48.5 Å². The van der Waals surface area contributed by atoms with E-state index in [9.17, 15) is 8.42 Å². The Balaban J connectivity index is 1.47. The number of sulfonamides is 1. The third-order valence-electron chi connectivity index (χ3n) is 5.54. The van der Waals surface area contributed by atoms with E-state index in [0.717, 1.165) is 48.8 Å². The third-order valence-corrected chi connectivity index (χ3v) is 6.13. The number of fused-ring (bicyclic) bond motifs is 1. The third kappa shape index (κ3) is 4.79. The van der Waals surface area contributed by atoms with E-state index >= 15 is 0 Å². The number of aromatic nitrogens is 2. The van der Waals surface area contributed by atoms with E-state index < -0.39 is 10.0 Å². The van der Waals surface area contributed by atoms with Gasteiger partial charge in [-0.05, 0) is 62.3 Å². The first-order chi connectivity index (χ1) is 13.9. The van der Waals surface area contributed by atoms with Gasteiger partial charge in [-0.1, -0.05) is 30.3 Å². The molecule has 2 aromatic heterocycles. The van der Waals surface area contributed by atoms with Crippen molar-refractivity contribution in [2.45, 2.75) is 51.2 Å². The SMILES string of the molecule is Cc1cc2ccc(NS(C)(=O)=O)c(COC3CCC(c4ccccc4)CC3)n2n1. The van der Waals surface area contributed by atoms with E-state index in [4.69, 9.17) is 4.74 Å². The van der Waals surface area contributed by atoms with Crippen LogP contribution in [0.25, 0.3) is 5.52 Å². The van der Waals surface area contributed by atoms with Crippen LogP contribution in [0.5, 0.6) is 0 Å². The topological polar surface area (TPSA) is 72.7 Å². The predicted molar refractivity (Wildman–Crippen MR) is 115 cm³/mol. The summed E-state index contributed by atoms with van der Waals surface area (Å²) >= 11 is 0. The molecule has 4 rings (SSSR count). The Morgan fingerprint density at radius 3 is 2.52 bits per heavy atom. The molecule has 0 unspecified atom stereocenters. The maximum absolute atomic E-state index is 11.8. The van der Waals surface area contributed by atoms with Gasteiger partial charge in [-0.15, -0.1) is 0 Å². The highest BCUT2D eigenvalue weighted by Gasteiger charge is 2.23. The van der Waals surface area contributed by atoms with Crippen LogP contribution in [-0.4, -0.2) is 30.4 Å². The molecule has 7 heteroatoms. The van der Waals surface area contributed by atoms with Crippen LogP contribution in [0, 0.1) is 6.92 Å². The average molecular weight is 414 g/mol. The van der Waals surface area contributed by atoms with E-state index in [1.165, 1.54) is 5.56 Å². The molecule has 0 bridgehead atoms. The van der Waals surface area contributed by atoms with Gasteiger partial charge < -0.3 is 4.74 Å². The minimum atomic E-state index is -3.39. The molecule has 1 saturated carbocycles. The summed E-state index contributed by atoms with van der Waals surface area (Å²) in [5.74, 6) is 0.593. The van der Waals surface area contributed by atoms with Crippen LogP contribution in [0.3, 0.4) is 0 Å². The van der Waals surface area contributed by atoms with Crippen LogP contribution in [0.4, 0.5) is 5.69 Å². The smallest absolute Gasteiger partial charge is 0.229 e. The molecule has 1 aliphatic carbocycles. The Morgan fingerprint density at radius 1 is 1.10 bits per heavy atom. The second kappa shape index (κ2) is 8.16. The van der Waals surface area contributed by atoms with Gasteiger partial charge in [-0.3, -0.25) is 4.72 Å². The van der Waals surface area contributed by atoms with Gasteiger partial charge in [0.15, 0.2) is 0 Å². The number of benzene rings is 1. The second-order valence-electron chi connectivity index (χ2n) is 7.89. The molecule has 6 nitrogen and oxygen atoms in total. The number of anilines is 1. The monoisotopic (exact) mass is 413 g/mol. The zero-order valence-corrected chi connectivity index (χ0v) is 17.7. The highest BCUT2D eigenvalue weighted by molar-refractivity contribution is 7.92.